The van der Waals surface area contributed by atoms with E-state index in [1.54, 1.807) is 0 Å². The van der Waals surface area contributed by atoms with Gasteiger partial charge >= 0.3 is 6.18 Å². The molecule has 3 rings (SSSR count). The molecule has 0 atom stereocenters. The predicted octanol–water partition coefficient (Wildman–Crippen LogP) is 4.78. The van der Waals surface area contributed by atoms with Crippen molar-refractivity contribution in [3.63, 3.8) is 0 Å². The molecule has 0 saturated heterocycles. The summed E-state index contributed by atoms with van der Waals surface area (Å²) in [5.41, 5.74) is -1.67. The first kappa shape index (κ1) is 19.6. The molecule has 0 unspecified atom stereocenters. The molecule has 0 spiro atoms. The van der Waals surface area contributed by atoms with Crippen LogP contribution in [-0.4, -0.2) is 14.2 Å². The topological polar surface area (TPSA) is 39.3 Å². The summed E-state index contributed by atoms with van der Waals surface area (Å²) in [6.45, 7) is 5.54. The fraction of sp³-hybridized carbons (Fsp3) is 0.294. The molecular weight excluding hydrogens is 357 g/mol. The van der Waals surface area contributed by atoms with Crippen LogP contribution in [0.5, 0.6) is 0 Å². The van der Waals surface area contributed by atoms with E-state index in [1.807, 2.05) is 13.8 Å². The first-order chi connectivity index (χ1) is 12.2. The van der Waals surface area contributed by atoms with E-state index in [1.165, 1.54) is 13.1 Å². The van der Waals surface area contributed by atoms with Crippen LogP contribution in [0.2, 0.25) is 0 Å². The number of rotatable bonds is 2. The second-order valence-electron chi connectivity index (χ2n) is 5.16. The molecule has 3 aromatic rings. The van der Waals surface area contributed by atoms with Crippen LogP contribution in [0.25, 0.3) is 11.2 Å². The van der Waals surface area contributed by atoms with Gasteiger partial charge in [0.15, 0.2) is 0 Å². The van der Waals surface area contributed by atoms with Crippen molar-refractivity contribution in [2.45, 2.75) is 33.4 Å². The lowest BCUT2D eigenvalue weighted by Crippen LogP contribution is -2.23. The summed E-state index contributed by atoms with van der Waals surface area (Å²) in [7, 11) is 0. The number of hydrogen-bond donors (Lipinski definition) is 0. The third-order valence-electron chi connectivity index (χ3n) is 3.58. The van der Waals surface area contributed by atoms with Crippen LogP contribution in [-0.2, 0) is 6.18 Å². The number of hydrogen-bond acceptors (Lipinski definition) is 2. The Bertz CT molecular complexity index is 955. The minimum atomic E-state index is -4.52. The van der Waals surface area contributed by atoms with E-state index in [0.717, 1.165) is 39.5 Å². The van der Waals surface area contributed by atoms with Gasteiger partial charge in [-0.05, 0) is 31.2 Å². The van der Waals surface area contributed by atoms with Crippen LogP contribution in [0.3, 0.4) is 0 Å². The van der Waals surface area contributed by atoms with Crippen LogP contribution in [0, 0.1) is 6.92 Å². The van der Waals surface area contributed by atoms with E-state index in [2.05, 4.69) is 5.10 Å². The number of halogens is 5. The number of nitrogens with zero attached hydrogens (tertiary/aromatic N) is 3. The zero-order chi connectivity index (χ0) is 19.6. The van der Waals surface area contributed by atoms with E-state index >= 15 is 0 Å². The Labute approximate surface area is 145 Å². The van der Waals surface area contributed by atoms with Crippen LogP contribution in [0.4, 0.5) is 22.0 Å². The molecule has 26 heavy (non-hydrogen) atoms. The maximum atomic E-state index is 13.2. The normalized spacial score (nSPS) is 11.6. The average molecular weight is 373 g/mol. The molecule has 4 nitrogen and oxygen atoms in total. The molecule has 9 heteroatoms. The van der Waals surface area contributed by atoms with Gasteiger partial charge in [-0.25, -0.2) is 13.3 Å². The first-order valence-electron chi connectivity index (χ1n) is 7.76. The summed E-state index contributed by atoms with van der Waals surface area (Å²) in [5, 5.41) is 3.76. The average Bonchev–Trinajstić information content (AvgIpc) is 2.98. The summed E-state index contributed by atoms with van der Waals surface area (Å²) in [5.74, 6) is 0. The summed E-state index contributed by atoms with van der Waals surface area (Å²) >= 11 is 0. The van der Waals surface area contributed by atoms with Crippen molar-refractivity contribution in [1.29, 1.82) is 0 Å². The molecule has 0 aliphatic rings. The van der Waals surface area contributed by atoms with Crippen molar-refractivity contribution in [2.75, 3.05) is 0 Å². The highest BCUT2D eigenvalue weighted by Gasteiger charge is 2.30. The molecule has 0 saturated carbocycles. The Morgan fingerprint density at radius 3 is 2.15 bits per heavy atom. The molecule has 140 valence electrons. The zero-order valence-corrected chi connectivity index (χ0v) is 14.2. The Hall–Kier alpha value is -2.71. The maximum absolute atomic E-state index is 13.2. The molecule has 0 aliphatic heterocycles. The lowest BCUT2D eigenvalue weighted by molar-refractivity contribution is -0.137. The number of aryl methyl sites for hydroxylation is 1. The standard InChI is InChI=1S/C15H10F5N3O.C2H6/c1-8-6-21-23-11(13(16)17)7-22(14(24)12(8)23)10-4-2-9(3-5-10)15(18,19)20;1-2/h2-7,13H,1H3;1-2H3. The van der Waals surface area contributed by atoms with Gasteiger partial charge in [0, 0.05) is 17.4 Å². The fourth-order valence-electron chi connectivity index (χ4n) is 2.40. The number of benzene rings is 1. The van der Waals surface area contributed by atoms with Crippen molar-refractivity contribution in [2.24, 2.45) is 0 Å². The molecule has 0 aliphatic carbocycles. The molecule has 1 aromatic carbocycles. The number of fused-ring (bicyclic) bond motifs is 1. The Balaban J connectivity index is 0.00000117. The van der Waals surface area contributed by atoms with Crippen molar-refractivity contribution in [3.8, 4) is 5.69 Å². The van der Waals surface area contributed by atoms with Crippen molar-refractivity contribution in [1.82, 2.24) is 14.2 Å². The quantitative estimate of drug-likeness (QED) is 0.607. The minimum absolute atomic E-state index is 0.0484. The maximum Gasteiger partial charge on any atom is 0.416 e. The fourth-order valence-corrected chi connectivity index (χ4v) is 2.40. The third kappa shape index (κ3) is 3.47. The van der Waals surface area contributed by atoms with Gasteiger partial charge in [-0.15, -0.1) is 0 Å². The van der Waals surface area contributed by atoms with Crippen LogP contribution in [0.15, 0.2) is 41.5 Å². The summed E-state index contributed by atoms with van der Waals surface area (Å²) < 4.78 is 66.0. The van der Waals surface area contributed by atoms with E-state index in [-0.39, 0.29) is 11.2 Å². The van der Waals surface area contributed by atoms with E-state index in [0.29, 0.717) is 5.56 Å². The Morgan fingerprint density at radius 2 is 1.65 bits per heavy atom. The lowest BCUT2D eigenvalue weighted by Gasteiger charge is -2.12. The Kier molecular flexibility index (Phi) is 5.48. The van der Waals surface area contributed by atoms with Gasteiger partial charge in [-0.1, -0.05) is 13.8 Å². The second-order valence-corrected chi connectivity index (χ2v) is 5.16. The molecule has 2 heterocycles. The second kappa shape index (κ2) is 7.27. The SMILES string of the molecule is CC.Cc1cnn2c(C(F)F)cn(-c3ccc(C(F)(F)F)cc3)c(=O)c12. The van der Waals surface area contributed by atoms with Gasteiger partial charge in [-0.2, -0.15) is 18.3 Å². The van der Waals surface area contributed by atoms with Crippen LogP contribution < -0.4 is 5.56 Å². The third-order valence-corrected chi connectivity index (χ3v) is 3.58. The molecule has 0 radical (unpaired) electrons. The van der Waals surface area contributed by atoms with Gasteiger partial charge in [0.1, 0.15) is 11.2 Å². The molecular formula is C17H16F5N3O. The van der Waals surface area contributed by atoms with E-state index in [9.17, 15) is 26.7 Å². The van der Waals surface area contributed by atoms with Gasteiger partial charge in [-0.3, -0.25) is 9.36 Å². The van der Waals surface area contributed by atoms with E-state index in [4.69, 9.17) is 0 Å². The minimum Gasteiger partial charge on any atom is -0.280 e. The summed E-state index contributed by atoms with van der Waals surface area (Å²) in [6.07, 6.45) is -5.27. The van der Waals surface area contributed by atoms with Gasteiger partial charge in [0.05, 0.1) is 11.8 Å². The van der Waals surface area contributed by atoms with Crippen LogP contribution >= 0.6 is 0 Å². The first-order valence-corrected chi connectivity index (χ1v) is 7.76. The van der Waals surface area contributed by atoms with Crippen molar-refractivity contribution in [3.05, 3.63) is 63.8 Å². The predicted molar refractivity (Wildman–Crippen MR) is 86.8 cm³/mol. The molecule has 0 fully saturated rings. The molecule has 0 bridgehead atoms. The van der Waals surface area contributed by atoms with Crippen molar-refractivity contribution >= 4 is 5.52 Å². The number of alkyl halides is 5. The monoisotopic (exact) mass is 373 g/mol. The highest BCUT2D eigenvalue weighted by molar-refractivity contribution is 5.54. The molecule has 2 aromatic heterocycles. The van der Waals surface area contributed by atoms with E-state index < -0.39 is 29.4 Å². The lowest BCUT2D eigenvalue weighted by atomic mass is 10.2. The highest BCUT2D eigenvalue weighted by Crippen LogP contribution is 2.29. The summed E-state index contributed by atoms with van der Waals surface area (Å²) in [6, 6.07) is 3.69. The number of aromatic nitrogens is 3. The van der Waals surface area contributed by atoms with Gasteiger partial charge in [0.2, 0.25) is 0 Å². The molecule has 0 amide bonds. The molecule has 0 N–H and O–H groups in total. The summed E-state index contributed by atoms with van der Waals surface area (Å²) in [4.78, 5) is 12.5. The Morgan fingerprint density at radius 1 is 1.08 bits per heavy atom. The largest absolute Gasteiger partial charge is 0.416 e. The zero-order valence-electron chi connectivity index (χ0n) is 14.2. The smallest absolute Gasteiger partial charge is 0.280 e. The van der Waals surface area contributed by atoms with Gasteiger partial charge < -0.3 is 0 Å². The van der Waals surface area contributed by atoms with Gasteiger partial charge in [0.25, 0.3) is 12.0 Å². The van der Waals surface area contributed by atoms with Crippen molar-refractivity contribution < 1.29 is 22.0 Å². The highest BCUT2D eigenvalue weighted by atomic mass is 19.4. The van der Waals surface area contributed by atoms with Crippen LogP contribution in [0.1, 0.15) is 37.1 Å².